The second-order valence-electron chi connectivity index (χ2n) is 5.54. The van der Waals surface area contributed by atoms with Crippen LogP contribution >= 0.6 is 0 Å². The quantitative estimate of drug-likeness (QED) is 0.852. The Morgan fingerprint density at radius 3 is 3.17 bits per heavy atom. The first kappa shape index (κ1) is 15.5. The highest BCUT2D eigenvalue weighted by Crippen LogP contribution is 2.14. The van der Waals surface area contributed by atoms with Crippen LogP contribution in [0.5, 0.6) is 0 Å². The van der Waals surface area contributed by atoms with Crippen LogP contribution in [0.3, 0.4) is 0 Å². The number of hydrogen-bond donors (Lipinski definition) is 2. The Morgan fingerprint density at radius 2 is 2.39 bits per heavy atom. The van der Waals surface area contributed by atoms with E-state index in [-0.39, 0.29) is 12.1 Å². The number of urea groups is 1. The first-order chi connectivity index (χ1) is 11.3. The first-order valence-corrected chi connectivity index (χ1v) is 7.88. The summed E-state index contributed by atoms with van der Waals surface area (Å²) in [6, 6.07) is 5.51. The number of aromatic nitrogens is 3. The summed E-state index contributed by atoms with van der Waals surface area (Å²) >= 11 is 0. The van der Waals surface area contributed by atoms with E-state index in [4.69, 9.17) is 4.74 Å². The summed E-state index contributed by atoms with van der Waals surface area (Å²) in [6.07, 6.45) is 8.32. The molecule has 2 aromatic heterocycles. The molecule has 1 fully saturated rings. The molecule has 1 saturated heterocycles. The highest BCUT2D eigenvalue weighted by molar-refractivity contribution is 5.88. The lowest BCUT2D eigenvalue weighted by atomic mass is 10.2. The van der Waals surface area contributed by atoms with E-state index in [9.17, 15) is 4.79 Å². The van der Waals surface area contributed by atoms with Gasteiger partial charge in [0, 0.05) is 37.7 Å². The molecular weight excluding hydrogens is 294 g/mol. The zero-order valence-corrected chi connectivity index (χ0v) is 12.9. The smallest absolute Gasteiger partial charge is 0.319 e. The van der Waals surface area contributed by atoms with Crippen LogP contribution in [0, 0.1) is 0 Å². The van der Waals surface area contributed by atoms with Crippen molar-refractivity contribution in [2.45, 2.75) is 31.9 Å². The van der Waals surface area contributed by atoms with Crippen LogP contribution in [0.4, 0.5) is 10.5 Å². The molecule has 3 rings (SSSR count). The lowest BCUT2D eigenvalue weighted by Gasteiger charge is -2.08. The Labute approximate surface area is 135 Å². The number of anilines is 1. The van der Waals surface area contributed by atoms with Crippen molar-refractivity contribution in [1.82, 2.24) is 20.1 Å². The Balaban J connectivity index is 1.40. The van der Waals surface area contributed by atoms with Crippen LogP contribution in [0.15, 0.2) is 36.8 Å². The van der Waals surface area contributed by atoms with E-state index < -0.39 is 0 Å². The van der Waals surface area contributed by atoms with Crippen molar-refractivity contribution in [2.75, 3.05) is 18.5 Å². The number of nitrogens with zero attached hydrogens (tertiary/aromatic N) is 3. The number of ether oxygens (including phenoxy) is 1. The molecule has 23 heavy (non-hydrogen) atoms. The minimum Gasteiger partial charge on any atom is -0.376 e. The van der Waals surface area contributed by atoms with Crippen molar-refractivity contribution >= 4 is 11.7 Å². The average molecular weight is 315 g/mol. The second kappa shape index (κ2) is 7.73. The minimum atomic E-state index is -0.238. The zero-order chi connectivity index (χ0) is 15.9. The average Bonchev–Trinajstić information content (AvgIpc) is 3.21. The molecule has 7 heteroatoms. The Kier molecular flexibility index (Phi) is 5.21. The second-order valence-corrected chi connectivity index (χ2v) is 5.54. The Bertz CT molecular complexity index is 622. The van der Waals surface area contributed by atoms with Gasteiger partial charge in [-0.3, -0.25) is 9.67 Å². The van der Waals surface area contributed by atoms with Crippen LogP contribution in [-0.4, -0.2) is 40.1 Å². The van der Waals surface area contributed by atoms with Gasteiger partial charge in [-0.05, 0) is 25.0 Å². The largest absolute Gasteiger partial charge is 0.376 e. The third kappa shape index (κ3) is 4.79. The predicted molar refractivity (Wildman–Crippen MR) is 86.2 cm³/mol. The van der Waals surface area contributed by atoms with Gasteiger partial charge < -0.3 is 15.4 Å². The van der Waals surface area contributed by atoms with E-state index >= 15 is 0 Å². The molecule has 1 unspecified atom stereocenters. The molecule has 1 atom stereocenters. The normalized spacial score (nSPS) is 17.1. The molecule has 2 aromatic rings. The van der Waals surface area contributed by atoms with Gasteiger partial charge in [-0.25, -0.2) is 4.79 Å². The minimum absolute atomic E-state index is 0.231. The van der Waals surface area contributed by atoms with Crippen LogP contribution < -0.4 is 10.6 Å². The van der Waals surface area contributed by atoms with Gasteiger partial charge in [0.25, 0.3) is 0 Å². The number of carbonyl (C=O) groups excluding carboxylic acids is 1. The standard InChI is InChI=1S/C16H21N5O2/c22-16(18-8-6-13-4-1-2-7-17-13)20-14-10-19-21(11-14)12-15-5-3-9-23-15/h1-2,4,7,10-11,15H,3,5-6,8-9,12H2,(H2,18,20,22). The topological polar surface area (TPSA) is 81.1 Å². The highest BCUT2D eigenvalue weighted by Gasteiger charge is 2.16. The van der Waals surface area contributed by atoms with Gasteiger partial charge in [-0.1, -0.05) is 6.07 Å². The van der Waals surface area contributed by atoms with Crippen LogP contribution in [0.1, 0.15) is 18.5 Å². The zero-order valence-electron chi connectivity index (χ0n) is 12.9. The van der Waals surface area contributed by atoms with Crippen molar-refractivity contribution in [2.24, 2.45) is 0 Å². The number of rotatable bonds is 6. The van der Waals surface area contributed by atoms with Gasteiger partial charge in [-0.15, -0.1) is 0 Å². The maximum atomic E-state index is 11.9. The van der Waals surface area contributed by atoms with Crippen LogP contribution in [0.2, 0.25) is 0 Å². The van der Waals surface area contributed by atoms with Crippen molar-refractivity contribution in [1.29, 1.82) is 0 Å². The van der Waals surface area contributed by atoms with Crippen molar-refractivity contribution < 1.29 is 9.53 Å². The summed E-state index contributed by atoms with van der Waals surface area (Å²) < 4.78 is 7.38. The molecule has 0 saturated carbocycles. The van der Waals surface area contributed by atoms with E-state index in [0.29, 0.717) is 18.7 Å². The maximum Gasteiger partial charge on any atom is 0.319 e. The fourth-order valence-corrected chi connectivity index (χ4v) is 2.55. The number of pyridine rings is 1. The molecule has 0 bridgehead atoms. The predicted octanol–water partition coefficient (Wildman–Crippen LogP) is 1.82. The van der Waals surface area contributed by atoms with Crippen LogP contribution in [0.25, 0.3) is 0 Å². The third-order valence-corrected chi connectivity index (χ3v) is 3.70. The van der Waals surface area contributed by atoms with E-state index in [2.05, 4.69) is 20.7 Å². The molecule has 2 N–H and O–H groups in total. The molecule has 3 heterocycles. The summed E-state index contributed by atoms with van der Waals surface area (Å²) in [7, 11) is 0. The molecular formula is C16H21N5O2. The molecule has 2 amide bonds. The molecule has 0 aromatic carbocycles. The monoisotopic (exact) mass is 315 g/mol. The number of nitrogens with one attached hydrogen (secondary N) is 2. The van der Waals surface area contributed by atoms with E-state index in [1.165, 1.54) is 0 Å². The molecule has 7 nitrogen and oxygen atoms in total. The van der Waals surface area contributed by atoms with Crippen LogP contribution in [-0.2, 0) is 17.7 Å². The van der Waals surface area contributed by atoms with E-state index in [1.54, 1.807) is 17.1 Å². The van der Waals surface area contributed by atoms with Crippen molar-refractivity contribution in [3.63, 3.8) is 0 Å². The molecule has 0 aliphatic carbocycles. The van der Waals surface area contributed by atoms with Gasteiger partial charge >= 0.3 is 6.03 Å². The van der Waals surface area contributed by atoms with Gasteiger partial charge in [0.2, 0.25) is 0 Å². The number of amides is 2. The van der Waals surface area contributed by atoms with Gasteiger partial charge in [0.15, 0.2) is 0 Å². The van der Waals surface area contributed by atoms with Gasteiger partial charge in [0.05, 0.1) is 24.5 Å². The summed E-state index contributed by atoms with van der Waals surface area (Å²) in [5.41, 5.74) is 1.63. The molecule has 0 radical (unpaired) electrons. The highest BCUT2D eigenvalue weighted by atomic mass is 16.5. The summed E-state index contributed by atoms with van der Waals surface area (Å²) in [5, 5.41) is 9.83. The lowest BCUT2D eigenvalue weighted by molar-refractivity contribution is 0.0940. The SMILES string of the molecule is O=C(NCCc1ccccn1)Nc1cnn(CC2CCCO2)c1. The van der Waals surface area contributed by atoms with Crippen molar-refractivity contribution in [3.8, 4) is 0 Å². The maximum absolute atomic E-state index is 11.9. The Hall–Kier alpha value is -2.41. The Morgan fingerprint density at radius 1 is 1.43 bits per heavy atom. The molecule has 122 valence electrons. The number of hydrogen-bond acceptors (Lipinski definition) is 4. The summed E-state index contributed by atoms with van der Waals surface area (Å²) in [5.74, 6) is 0. The third-order valence-electron chi connectivity index (χ3n) is 3.70. The molecule has 0 spiro atoms. The fourth-order valence-electron chi connectivity index (χ4n) is 2.55. The van der Waals surface area contributed by atoms with E-state index in [1.807, 2.05) is 24.4 Å². The summed E-state index contributed by atoms with van der Waals surface area (Å²) in [6.45, 7) is 2.09. The lowest BCUT2D eigenvalue weighted by Crippen LogP contribution is -2.30. The first-order valence-electron chi connectivity index (χ1n) is 7.88. The van der Waals surface area contributed by atoms with Gasteiger partial charge in [-0.2, -0.15) is 5.10 Å². The summed E-state index contributed by atoms with van der Waals surface area (Å²) in [4.78, 5) is 16.1. The molecule has 1 aliphatic rings. The van der Waals surface area contributed by atoms with Gasteiger partial charge in [0.1, 0.15) is 0 Å². The van der Waals surface area contributed by atoms with E-state index in [0.717, 1.165) is 31.7 Å². The number of carbonyl (C=O) groups is 1. The van der Waals surface area contributed by atoms with Crippen molar-refractivity contribution in [3.05, 3.63) is 42.5 Å². The molecule has 1 aliphatic heterocycles. The fraction of sp³-hybridized carbons (Fsp3) is 0.438.